The van der Waals surface area contributed by atoms with Gasteiger partial charge in [0.25, 0.3) is 0 Å². The fraction of sp³-hybridized carbons (Fsp3) is 0.455. The van der Waals surface area contributed by atoms with E-state index in [0.717, 1.165) is 5.56 Å². The second-order valence-corrected chi connectivity index (χ2v) is 4.29. The molecule has 1 unspecified atom stereocenters. The van der Waals surface area contributed by atoms with Crippen molar-refractivity contribution < 1.29 is 9.50 Å². The summed E-state index contributed by atoms with van der Waals surface area (Å²) in [6.07, 6.45) is 0. The molecule has 0 spiro atoms. The second kappa shape index (κ2) is 4.28. The first-order valence-corrected chi connectivity index (χ1v) is 4.88. The molecule has 1 aromatic carbocycles. The molecule has 0 aliphatic heterocycles. The molecule has 0 bridgehead atoms. The van der Waals surface area contributed by atoms with Crippen LogP contribution >= 0.6 is 11.6 Å². The average Bonchev–Trinajstić information content (AvgIpc) is 2.07. The average molecular weight is 217 g/mol. The van der Waals surface area contributed by atoms with E-state index in [2.05, 4.69) is 0 Å². The molecule has 0 aliphatic rings. The fourth-order valence-electron chi connectivity index (χ4n) is 1.41. The Morgan fingerprint density at radius 3 is 2.21 bits per heavy atom. The zero-order valence-electron chi connectivity index (χ0n) is 8.30. The molecule has 0 saturated carbocycles. The van der Waals surface area contributed by atoms with Crippen LogP contribution in [0.5, 0.6) is 0 Å². The number of alkyl halides is 1. The van der Waals surface area contributed by atoms with Crippen molar-refractivity contribution in [1.82, 2.24) is 0 Å². The highest BCUT2D eigenvalue weighted by Crippen LogP contribution is 2.31. The van der Waals surface area contributed by atoms with Gasteiger partial charge in [-0.25, -0.2) is 4.39 Å². The van der Waals surface area contributed by atoms with E-state index in [-0.39, 0.29) is 6.61 Å². The molecule has 1 atom stereocenters. The lowest BCUT2D eigenvalue weighted by atomic mass is 9.87. The monoisotopic (exact) mass is 216 g/mol. The molecule has 1 aromatic rings. The molecule has 1 rings (SSSR count). The summed E-state index contributed by atoms with van der Waals surface area (Å²) in [5.74, 6) is -0.500. The number of benzene rings is 1. The largest absolute Gasteiger partial charge is 0.396 e. The van der Waals surface area contributed by atoms with Gasteiger partial charge in [0.1, 0.15) is 5.67 Å². The van der Waals surface area contributed by atoms with Gasteiger partial charge in [0.05, 0.1) is 6.61 Å². The number of hydrogen-bond acceptors (Lipinski definition) is 1. The Hall–Kier alpha value is -0.600. The SMILES string of the molecule is CC(C)(F)C(CO)c1ccc(Cl)cc1. The van der Waals surface area contributed by atoms with Crippen LogP contribution in [0.4, 0.5) is 4.39 Å². The van der Waals surface area contributed by atoms with Crippen molar-refractivity contribution in [2.45, 2.75) is 25.4 Å². The lowest BCUT2D eigenvalue weighted by Gasteiger charge is -2.25. The van der Waals surface area contributed by atoms with Crippen molar-refractivity contribution in [1.29, 1.82) is 0 Å². The third kappa shape index (κ3) is 2.69. The zero-order chi connectivity index (χ0) is 10.8. The third-order valence-corrected chi connectivity index (χ3v) is 2.54. The van der Waals surface area contributed by atoms with Gasteiger partial charge < -0.3 is 5.11 Å². The molecule has 0 amide bonds. The van der Waals surface area contributed by atoms with E-state index in [1.165, 1.54) is 13.8 Å². The third-order valence-electron chi connectivity index (χ3n) is 2.28. The van der Waals surface area contributed by atoms with Gasteiger partial charge in [0, 0.05) is 10.9 Å². The van der Waals surface area contributed by atoms with E-state index < -0.39 is 11.6 Å². The van der Waals surface area contributed by atoms with Gasteiger partial charge in [-0.3, -0.25) is 0 Å². The van der Waals surface area contributed by atoms with E-state index in [9.17, 15) is 4.39 Å². The number of aliphatic hydroxyl groups excluding tert-OH is 1. The highest BCUT2D eigenvalue weighted by molar-refractivity contribution is 6.30. The molecule has 0 aromatic heterocycles. The number of halogens is 2. The molecule has 14 heavy (non-hydrogen) atoms. The highest BCUT2D eigenvalue weighted by Gasteiger charge is 2.29. The molecule has 0 saturated heterocycles. The minimum absolute atomic E-state index is 0.203. The van der Waals surface area contributed by atoms with E-state index in [1.54, 1.807) is 24.3 Å². The highest BCUT2D eigenvalue weighted by atomic mass is 35.5. The number of aliphatic hydroxyl groups is 1. The fourth-order valence-corrected chi connectivity index (χ4v) is 1.54. The summed E-state index contributed by atoms with van der Waals surface area (Å²) < 4.78 is 13.6. The Morgan fingerprint density at radius 2 is 1.86 bits per heavy atom. The van der Waals surface area contributed by atoms with Crippen LogP contribution in [0.2, 0.25) is 5.02 Å². The van der Waals surface area contributed by atoms with Crippen molar-refractivity contribution >= 4 is 11.6 Å². The maximum absolute atomic E-state index is 13.6. The maximum atomic E-state index is 13.6. The first-order valence-electron chi connectivity index (χ1n) is 4.50. The Morgan fingerprint density at radius 1 is 1.36 bits per heavy atom. The van der Waals surface area contributed by atoms with Gasteiger partial charge >= 0.3 is 0 Å². The Labute approximate surface area is 88.5 Å². The van der Waals surface area contributed by atoms with Crippen LogP contribution in [-0.2, 0) is 0 Å². The molecule has 3 heteroatoms. The van der Waals surface area contributed by atoms with Crippen LogP contribution in [0, 0.1) is 0 Å². The van der Waals surface area contributed by atoms with Crippen molar-refractivity contribution in [2.75, 3.05) is 6.61 Å². The summed E-state index contributed by atoms with van der Waals surface area (Å²) in [6, 6.07) is 6.88. The van der Waals surface area contributed by atoms with Crippen molar-refractivity contribution in [3.05, 3.63) is 34.9 Å². The first-order chi connectivity index (χ1) is 6.45. The predicted octanol–water partition coefficient (Wildman–Crippen LogP) is 3.16. The predicted molar refractivity (Wildman–Crippen MR) is 56.5 cm³/mol. The summed E-state index contributed by atoms with van der Waals surface area (Å²) in [4.78, 5) is 0. The van der Waals surface area contributed by atoms with Gasteiger partial charge in [0.2, 0.25) is 0 Å². The van der Waals surface area contributed by atoms with Crippen molar-refractivity contribution in [3.8, 4) is 0 Å². The van der Waals surface area contributed by atoms with Gasteiger partial charge in [0.15, 0.2) is 0 Å². The quantitative estimate of drug-likeness (QED) is 0.823. The molecule has 0 fully saturated rings. The lowest BCUT2D eigenvalue weighted by molar-refractivity contribution is 0.119. The first kappa shape index (κ1) is 11.5. The van der Waals surface area contributed by atoms with Gasteiger partial charge in [-0.1, -0.05) is 23.7 Å². The summed E-state index contributed by atoms with van der Waals surface area (Å²) in [5.41, 5.74) is -0.660. The normalized spacial score (nSPS) is 14.1. The van der Waals surface area contributed by atoms with Crippen LogP contribution in [0.25, 0.3) is 0 Å². The zero-order valence-corrected chi connectivity index (χ0v) is 9.05. The maximum Gasteiger partial charge on any atom is 0.114 e. The molecule has 78 valence electrons. The van der Waals surface area contributed by atoms with E-state index >= 15 is 0 Å². The second-order valence-electron chi connectivity index (χ2n) is 3.85. The summed E-state index contributed by atoms with van der Waals surface area (Å²) in [5, 5.41) is 9.72. The summed E-state index contributed by atoms with van der Waals surface area (Å²) in [6.45, 7) is 2.72. The topological polar surface area (TPSA) is 20.2 Å². The minimum Gasteiger partial charge on any atom is -0.396 e. The molecule has 0 aliphatic carbocycles. The van der Waals surface area contributed by atoms with Crippen LogP contribution < -0.4 is 0 Å². The van der Waals surface area contributed by atoms with Crippen LogP contribution in [-0.4, -0.2) is 17.4 Å². The summed E-state index contributed by atoms with van der Waals surface area (Å²) in [7, 11) is 0. The van der Waals surface area contributed by atoms with Gasteiger partial charge in [-0.2, -0.15) is 0 Å². The number of rotatable bonds is 3. The molecule has 0 radical (unpaired) electrons. The van der Waals surface area contributed by atoms with Crippen molar-refractivity contribution in [2.24, 2.45) is 0 Å². The van der Waals surface area contributed by atoms with Crippen LogP contribution in [0.3, 0.4) is 0 Å². The van der Waals surface area contributed by atoms with Crippen molar-refractivity contribution in [3.63, 3.8) is 0 Å². The molecule has 1 N–H and O–H groups in total. The molecular formula is C11H14ClFO. The number of hydrogen-bond donors (Lipinski definition) is 1. The Balaban J connectivity index is 2.96. The lowest BCUT2D eigenvalue weighted by Crippen LogP contribution is -2.26. The molecular weight excluding hydrogens is 203 g/mol. The molecule has 0 heterocycles. The van der Waals surface area contributed by atoms with Gasteiger partial charge in [-0.05, 0) is 31.5 Å². The Kier molecular flexibility index (Phi) is 3.51. The van der Waals surface area contributed by atoms with E-state index in [0.29, 0.717) is 5.02 Å². The van der Waals surface area contributed by atoms with Crippen LogP contribution in [0.15, 0.2) is 24.3 Å². The molecule has 1 nitrogen and oxygen atoms in total. The minimum atomic E-state index is -1.43. The Bertz CT molecular complexity index is 289. The summed E-state index contributed by atoms with van der Waals surface area (Å²) >= 11 is 5.72. The smallest absolute Gasteiger partial charge is 0.114 e. The van der Waals surface area contributed by atoms with Gasteiger partial charge in [-0.15, -0.1) is 0 Å². The van der Waals surface area contributed by atoms with Crippen LogP contribution in [0.1, 0.15) is 25.3 Å². The standard InChI is InChI=1S/C11H14ClFO/c1-11(2,13)10(7-14)8-3-5-9(12)6-4-8/h3-6,10,14H,7H2,1-2H3. The van der Waals surface area contributed by atoms with E-state index in [1.807, 2.05) is 0 Å². The van der Waals surface area contributed by atoms with E-state index in [4.69, 9.17) is 16.7 Å².